The second kappa shape index (κ2) is 6.26. The van der Waals surface area contributed by atoms with Crippen molar-refractivity contribution in [1.29, 1.82) is 0 Å². The minimum absolute atomic E-state index is 0.316. The van der Waals surface area contributed by atoms with E-state index in [0.717, 1.165) is 11.9 Å². The lowest BCUT2D eigenvalue weighted by Gasteiger charge is -2.09. The number of amides is 1. The Kier molecular flexibility index (Phi) is 3.92. The average molecular weight is 368 g/mol. The third kappa shape index (κ3) is 2.93. The van der Waals surface area contributed by atoms with Gasteiger partial charge in [0.15, 0.2) is 10.8 Å². The highest BCUT2D eigenvalue weighted by molar-refractivity contribution is 7.13. The molecule has 1 amide bonds. The maximum Gasteiger partial charge on any atom is 0.261 e. The number of nitrogens with zero attached hydrogens (tertiary/aromatic N) is 5. The summed E-state index contributed by atoms with van der Waals surface area (Å²) in [6, 6.07) is 3.04. The summed E-state index contributed by atoms with van der Waals surface area (Å²) in [5.41, 5.74) is 3.44. The van der Waals surface area contributed by atoms with Crippen molar-refractivity contribution in [1.82, 2.24) is 24.6 Å². The van der Waals surface area contributed by atoms with Crippen molar-refractivity contribution < 1.29 is 9.18 Å². The quantitative estimate of drug-likeness (QED) is 0.600. The molecule has 0 aromatic carbocycles. The second-order valence-corrected chi connectivity index (χ2v) is 6.60. The van der Waals surface area contributed by atoms with Crippen LogP contribution in [0.2, 0.25) is 0 Å². The normalized spacial score (nSPS) is 11.0. The first-order valence-corrected chi connectivity index (χ1v) is 8.58. The van der Waals surface area contributed by atoms with E-state index in [-0.39, 0.29) is 5.91 Å². The number of carbonyl (C=O) groups excluding carboxylic acids is 1. The third-order valence-corrected chi connectivity index (χ3v) is 4.72. The predicted octanol–water partition coefficient (Wildman–Crippen LogP) is 3.26. The van der Waals surface area contributed by atoms with Gasteiger partial charge in [-0.05, 0) is 26.0 Å². The highest BCUT2D eigenvalue weighted by atomic mass is 32.1. The van der Waals surface area contributed by atoms with Crippen molar-refractivity contribution in [3.05, 3.63) is 59.0 Å². The number of pyridine rings is 2. The molecule has 4 rings (SSSR count). The van der Waals surface area contributed by atoms with Crippen molar-refractivity contribution in [2.45, 2.75) is 13.8 Å². The molecule has 0 aliphatic carbocycles. The summed E-state index contributed by atoms with van der Waals surface area (Å²) in [5.74, 6) is -0.806. The van der Waals surface area contributed by atoms with Crippen LogP contribution >= 0.6 is 11.3 Å². The van der Waals surface area contributed by atoms with E-state index in [1.807, 2.05) is 12.3 Å². The van der Waals surface area contributed by atoms with Crippen LogP contribution in [0.3, 0.4) is 0 Å². The van der Waals surface area contributed by atoms with E-state index >= 15 is 0 Å². The molecule has 0 aliphatic rings. The molecule has 26 heavy (non-hydrogen) atoms. The molecule has 0 aliphatic heterocycles. The Labute approximate surface area is 151 Å². The first kappa shape index (κ1) is 16.3. The first-order chi connectivity index (χ1) is 12.5. The van der Waals surface area contributed by atoms with Crippen LogP contribution in [0.4, 0.5) is 9.52 Å². The highest BCUT2D eigenvalue weighted by Crippen LogP contribution is 2.26. The van der Waals surface area contributed by atoms with Gasteiger partial charge in [0.05, 0.1) is 17.5 Å². The van der Waals surface area contributed by atoms with E-state index in [1.54, 1.807) is 23.6 Å². The predicted molar refractivity (Wildman–Crippen MR) is 95.7 cm³/mol. The van der Waals surface area contributed by atoms with E-state index in [9.17, 15) is 9.18 Å². The summed E-state index contributed by atoms with van der Waals surface area (Å²) in [5, 5.41) is 13.0. The van der Waals surface area contributed by atoms with Crippen LogP contribution in [-0.4, -0.2) is 30.5 Å². The number of hydrogen-bond donors (Lipinski definition) is 1. The smallest absolute Gasteiger partial charge is 0.261 e. The zero-order chi connectivity index (χ0) is 18.3. The monoisotopic (exact) mass is 368 g/mol. The summed E-state index contributed by atoms with van der Waals surface area (Å²) in [4.78, 5) is 21.0. The molecule has 0 spiro atoms. The largest absolute Gasteiger partial charge is 0.298 e. The number of nitrogens with one attached hydrogen (secondary N) is 1. The highest BCUT2D eigenvalue weighted by Gasteiger charge is 2.17. The number of fused-ring (bicyclic) bond motifs is 1. The Bertz CT molecular complexity index is 1140. The summed E-state index contributed by atoms with van der Waals surface area (Å²) in [6.45, 7) is 3.63. The molecule has 0 unspecified atom stereocenters. The average Bonchev–Trinajstić information content (AvgIpc) is 3.24. The van der Waals surface area contributed by atoms with Crippen LogP contribution in [0.15, 0.2) is 36.2 Å². The molecule has 4 heterocycles. The topological polar surface area (TPSA) is 85.1 Å². The van der Waals surface area contributed by atoms with E-state index in [4.69, 9.17) is 0 Å². The number of aromatic nitrogens is 5. The molecule has 4 aromatic rings. The van der Waals surface area contributed by atoms with Gasteiger partial charge < -0.3 is 0 Å². The molecule has 7 nitrogen and oxygen atoms in total. The molecule has 1 N–H and O–H groups in total. The SMILES string of the molecule is Cc1csc(NC(=O)c2cc(-c3cc(F)cnc3C)cn3cnnc23)n1. The second-order valence-electron chi connectivity index (χ2n) is 5.74. The standard InChI is InChI=1S/C17H13FN6OS/c1-9-7-26-17(21-9)22-16(25)14-3-11(6-24-8-20-23-15(14)24)13-4-12(18)5-19-10(13)2/h3-8H,1-2H3,(H,21,22,25). The number of rotatable bonds is 3. The molecule has 0 bridgehead atoms. The molecule has 130 valence electrons. The van der Waals surface area contributed by atoms with E-state index in [2.05, 4.69) is 25.5 Å². The summed E-state index contributed by atoms with van der Waals surface area (Å²) >= 11 is 1.34. The zero-order valence-corrected chi connectivity index (χ0v) is 14.7. The Morgan fingerprint density at radius 2 is 2.15 bits per heavy atom. The van der Waals surface area contributed by atoms with Crippen LogP contribution in [0.5, 0.6) is 0 Å². The minimum Gasteiger partial charge on any atom is -0.298 e. The fraction of sp³-hybridized carbons (Fsp3) is 0.118. The number of hydrogen-bond acceptors (Lipinski definition) is 6. The Hall–Kier alpha value is -3.20. The van der Waals surface area contributed by atoms with Gasteiger partial charge in [-0.1, -0.05) is 0 Å². The van der Waals surface area contributed by atoms with Gasteiger partial charge in [0, 0.05) is 28.4 Å². The van der Waals surface area contributed by atoms with Crippen molar-refractivity contribution >= 4 is 28.0 Å². The maximum atomic E-state index is 13.7. The van der Waals surface area contributed by atoms with Crippen molar-refractivity contribution in [2.24, 2.45) is 0 Å². The van der Waals surface area contributed by atoms with Gasteiger partial charge in [-0.15, -0.1) is 21.5 Å². The van der Waals surface area contributed by atoms with Gasteiger partial charge in [0.1, 0.15) is 12.1 Å². The van der Waals surface area contributed by atoms with Crippen LogP contribution < -0.4 is 5.32 Å². The summed E-state index contributed by atoms with van der Waals surface area (Å²) < 4.78 is 15.3. The molecule has 9 heteroatoms. The molecule has 0 radical (unpaired) electrons. The third-order valence-electron chi connectivity index (χ3n) is 3.84. The van der Waals surface area contributed by atoms with Crippen LogP contribution in [0.25, 0.3) is 16.8 Å². The fourth-order valence-electron chi connectivity index (χ4n) is 2.63. The van der Waals surface area contributed by atoms with Crippen LogP contribution in [0, 0.1) is 19.7 Å². The zero-order valence-electron chi connectivity index (χ0n) is 13.9. The lowest BCUT2D eigenvalue weighted by Crippen LogP contribution is -2.14. The number of carbonyl (C=O) groups is 1. The summed E-state index contributed by atoms with van der Waals surface area (Å²) in [6.07, 6.45) is 4.39. The van der Waals surface area contributed by atoms with Gasteiger partial charge in [-0.25, -0.2) is 9.37 Å². The van der Waals surface area contributed by atoms with E-state index < -0.39 is 5.82 Å². The first-order valence-electron chi connectivity index (χ1n) is 7.70. The van der Waals surface area contributed by atoms with Crippen LogP contribution in [-0.2, 0) is 0 Å². The minimum atomic E-state index is -0.446. The van der Waals surface area contributed by atoms with Gasteiger partial charge in [0.25, 0.3) is 5.91 Å². The number of aryl methyl sites for hydroxylation is 2. The Balaban J connectivity index is 1.82. The van der Waals surface area contributed by atoms with Crippen molar-refractivity contribution in [3.8, 4) is 11.1 Å². The maximum absolute atomic E-state index is 13.7. The van der Waals surface area contributed by atoms with E-state index in [0.29, 0.717) is 33.2 Å². The fourth-order valence-corrected chi connectivity index (χ4v) is 3.31. The van der Waals surface area contributed by atoms with E-state index in [1.165, 1.54) is 23.7 Å². The molecule has 0 fully saturated rings. The number of thiazole rings is 1. The van der Waals surface area contributed by atoms with Crippen LogP contribution in [0.1, 0.15) is 21.7 Å². The molecule has 0 saturated heterocycles. The van der Waals surface area contributed by atoms with Gasteiger partial charge in [0.2, 0.25) is 0 Å². The molecule has 0 saturated carbocycles. The molecule has 0 atom stereocenters. The summed E-state index contributed by atoms with van der Waals surface area (Å²) in [7, 11) is 0. The molecular weight excluding hydrogens is 355 g/mol. The number of anilines is 1. The molecule has 4 aromatic heterocycles. The Morgan fingerprint density at radius 1 is 1.31 bits per heavy atom. The molecular formula is C17H13FN6OS. The van der Waals surface area contributed by atoms with Gasteiger partial charge >= 0.3 is 0 Å². The van der Waals surface area contributed by atoms with Crippen molar-refractivity contribution in [2.75, 3.05) is 5.32 Å². The lowest BCUT2D eigenvalue weighted by atomic mass is 10.0. The lowest BCUT2D eigenvalue weighted by molar-refractivity contribution is 0.102. The van der Waals surface area contributed by atoms with Crippen molar-refractivity contribution in [3.63, 3.8) is 0 Å². The number of halogens is 1. The van der Waals surface area contributed by atoms with Gasteiger partial charge in [-0.2, -0.15) is 0 Å². The Morgan fingerprint density at radius 3 is 2.92 bits per heavy atom. The van der Waals surface area contributed by atoms with Gasteiger partial charge in [-0.3, -0.25) is 19.5 Å².